The molecule has 0 amide bonds. The maximum atomic E-state index is 12.8. The predicted molar refractivity (Wildman–Crippen MR) is 109 cm³/mol. The Balaban J connectivity index is 1.81. The zero-order chi connectivity index (χ0) is 19.8. The number of hydrogen-bond acceptors (Lipinski definition) is 4. The zero-order valence-electron chi connectivity index (χ0n) is 16.6. The van der Waals surface area contributed by atoms with Crippen LogP contribution < -0.4 is 5.56 Å². The normalized spacial score (nSPS) is 12.6. The molecule has 0 aliphatic carbocycles. The Morgan fingerprint density at radius 3 is 2.54 bits per heavy atom. The number of nitrogens with one attached hydrogen (secondary N) is 1. The monoisotopic (exact) mass is 376 g/mol. The molecule has 0 spiro atoms. The van der Waals surface area contributed by atoms with Crippen LogP contribution in [0.25, 0.3) is 16.8 Å². The minimum Gasteiger partial charge on any atom is -0.293 e. The second-order valence-electron chi connectivity index (χ2n) is 7.13. The summed E-state index contributed by atoms with van der Waals surface area (Å²) in [6.45, 7) is 7.96. The van der Waals surface area contributed by atoms with Gasteiger partial charge in [0.2, 0.25) is 0 Å². The van der Waals surface area contributed by atoms with Gasteiger partial charge in [0.15, 0.2) is 5.65 Å². The first-order chi connectivity index (χ1) is 13.5. The molecule has 0 saturated carbocycles. The van der Waals surface area contributed by atoms with Crippen LogP contribution in [0.4, 0.5) is 0 Å². The molecule has 7 nitrogen and oxygen atoms in total. The molecular weight excluding hydrogens is 352 g/mol. The second-order valence-corrected chi connectivity index (χ2v) is 7.13. The molecule has 0 saturated heterocycles. The molecule has 0 aliphatic rings. The average molecular weight is 376 g/mol. The summed E-state index contributed by atoms with van der Waals surface area (Å²) in [6, 6.07) is 11.7. The summed E-state index contributed by atoms with van der Waals surface area (Å²) in [5.41, 5.74) is 4.37. The van der Waals surface area contributed by atoms with Gasteiger partial charge in [-0.3, -0.25) is 9.89 Å². The molecule has 144 valence electrons. The van der Waals surface area contributed by atoms with E-state index >= 15 is 0 Å². The Kier molecular flexibility index (Phi) is 4.58. The molecule has 0 unspecified atom stereocenters. The lowest BCUT2D eigenvalue weighted by Crippen LogP contribution is -2.18. The van der Waals surface area contributed by atoms with Gasteiger partial charge in [0.25, 0.3) is 5.56 Å². The number of benzene rings is 1. The second kappa shape index (κ2) is 7.07. The molecule has 28 heavy (non-hydrogen) atoms. The molecular formula is C21H24N6O. The fraction of sp³-hybridized carbons (Fsp3) is 0.333. The Morgan fingerprint density at radius 1 is 1.14 bits per heavy atom. The minimum atomic E-state index is -0.101. The van der Waals surface area contributed by atoms with Crippen LogP contribution in [0.5, 0.6) is 0 Å². The van der Waals surface area contributed by atoms with Crippen molar-refractivity contribution in [2.24, 2.45) is 0 Å². The number of nitrogens with zero attached hydrogens (tertiary/aromatic N) is 5. The quantitative estimate of drug-likeness (QED) is 0.580. The van der Waals surface area contributed by atoms with Crippen LogP contribution in [-0.4, -0.2) is 29.4 Å². The fourth-order valence-corrected chi connectivity index (χ4v) is 3.74. The average Bonchev–Trinajstić information content (AvgIpc) is 3.22. The standard InChI is InChI=1S/C21H24N6O/c1-5-18-20(16-9-7-6-8-10-16)21-23-17(12-19(28)27(21)25-18)11-13(2)26-15(4)22-14(3)24-26/h6-10,12-13,25H,5,11H2,1-4H3/t13-/m0/s1. The first-order valence-corrected chi connectivity index (χ1v) is 9.56. The summed E-state index contributed by atoms with van der Waals surface area (Å²) in [4.78, 5) is 22.0. The van der Waals surface area contributed by atoms with Crippen molar-refractivity contribution in [3.63, 3.8) is 0 Å². The Morgan fingerprint density at radius 2 is 1.89 bits per heavy atom. The first-order valence-electron chi connectivity index (χ1n) is 9.56. The molecule has 0 bridgehead atoms. The van der Waals surface area contributed by atoms with E-state index in [1.807, 2.05) is 48.9 Å². The molecule has 1 N–H and O–H groups in total. The predicted octanol–water partition coefficient (Wildman–Crippen LogP) is 3.26. The van der Waals surface area contributed by atoms with Gasteiger partial charge in [0.05, 0.1) is 11.7 Å². The van der Waals surface area contributed by atoms with E-state index in [2.05, 4.69) is 29.0 Å². The van der Waals surface area contributed by atoms with Crippen LogP contribution in [0.15, 0.2) is 41.2 Å². The van der Waals surface area contributed by atoms with Crippen molar-refractivity contribution in [1.29, 1.82) is 0 Å². The summed E-state index contributed by atoms with van der Waals surface area (Å²) in [5, 5.41) is 7.68. The number of aryl methyl sites for hydroxylation is 3. The minimum absolute atomic E-state index is 0.0558. The number of H-pyrrole nitrogens is 1. The van der Waals surface area contributed by atoms with Crippen molar-refractivity contribution in [3.8, 4) is 11.1 Å². The SMILES string of the molecule is CCc1[nH]n2c(=O)cc(C[C@H](C)n3nc(C)nc3C)nc2c1-c1ccccc1. The van der Waals surface area contributed by atoms with Crippen LogP contribution in [0.2, 0.25) is 0 Å². The van der Waals surface area contributed by atoms with E-state index in [0.717, 1.165) is 40.6 Å². The fourth-order valence-electron chi connectivity index (χ4n) is 3.74. The van der Waals surface area contributed by atoms with Crippen molar-refractivity contribution in [1.82, 2.24) is 29.4 Å². The van der Waals surface area contributed by atoms with Crippen LogP contribution in [0, 0.1) is 13.8 Å². The third kappa shape index (κ3) is 3.13. The number of fused-ring (bicyclic) bond motifs is 1. The number of aromatic nitrogens is 6. The highest BCUT2D eigenvalue weighted by Crippen LogP contribution is 2.27. The van der Waals surface area contributed by atoms with Crippen molar-refractivity contribution in [3.05, 3.63) is 69.8 Å². The number of aromatic amines is 1. The maximum Gasteiger partial charge on any atom is 0.272 e. The summed E-state index contributed by atoms with van der Waals surface area (Å²) in [5.74, 6) is 1.61. The van der Waals surface area contributed by atoms with E-state index in [1.54, 1.807) is 10.6 Å². The van der Waals surface area contributed by atoms with Gasteiger partial charge in [-0.05, 0) is 32.8 Å². The Labute approximate surface area is 163 Å². The molecule has 1 aromatic carbocycles. The number of rotatable bonds is 5. The molecule has 1 atom stereocenters. The van der Waals surface area contributed by atoms with E-state index < -0.39 is 0 Å². The molecule has 0 aliphatic heterocycles. The summed E-state index contributed by atoms with van der Waals surface area (Å²) < 4.78 is 3.44. The molecule has 4 aromatic rings. The van der Waals surface area contributed by atoms with Crippen LogP contribution in [0.3, 0.4) is 0 Å². The molecule has 7 heteroatoms. The van der Waals surface area contributed by atoms with Gasteiger partial charge < -0.3 is 0 Å². The van der Waals surface area contributed by atoms with E-state index in [9.17, 15) is 4.79 Å². The van der Waals surface area contributed by atoms with Crippen molar-refractivity contribution in [2.45, 2.75) is 46.6 Å². The van der Waals surface area contributed by atoms with E-state index in [4.69, 9.17) is 4.98 Å². The first kappa shape index (κ1) is 18.2. The van der Waals surface area contributed by atoms with Gasteiger partial charge in [0, 0.05) is 23.7 Å². The highest BCUT2D eigenvalue weighted by molar-refractivity contribution is 5.79. The highest BCUT2D eigenvalue weighted by Gasteiger charge is 2.18. The molecule has 0 fully saturated rings. The van der Waals surface area contributed by atoms with Crippen LogP contribution in [0.1, 0.15) is 42.9 Å². The highest BCUT2D eigenvalue weighted by atomic mass is 16.1. The van der Waals surface area contributed by atoms with Gasteiger partial charge in [-0.1, -0.05) is 37.3 Å². The van der Waals surface area contributed by atoms with Gasteiger partial charge >= 0.3 is 0 Å². The van der Waals surface area contributed by atoms with E-state index in [1.165, 1.54) is 0 Å². The summed E-state index contributed by atoms with van der Waals surface area (Å²) in [6.07, 6.45) is 1.40. The van der Waals surface area contributed by atoms with Crippen molar-refractivity contribution in [2.75, 3.05) is 0 Å². The van der Waals surface area contributed by atoms with Crippen LogP contribution in [-0.2, 0) is 12.8 Å². The lowest BCUT2D eigenvalue weighted by atomic mass is 10.0. The summed E-state index contributed by atoms with van der Waals surface area (Å²) in [7, 11) is 0. The van der Waals surface area contributed by atoms with Gasteiger partial charge in [-0.25, -0.2) is 19.2 Å². The third-order valence-corrected chi connectivity index (χ3v) is 4.99. The topological polar surface area (TPSA) is 80.9 Å². The summed E-state index contributed by atoms with van der Waals surface area (Å²) >= 11 is 0. The smallest absolute Gasteiger partial charge is 0.272 e. The Bertz CT molecular complexity index is 1190. The Hall–Kier alpha value is -3.22. The number of hydrogen-bond donors (Lipinski definition) is 1. The van der Waals surface area contributed by atoms with Crippen molar-refractivity contribution < 1.29 is 0 Å². The lowest BCUT2D eigenvalue weighted by molar-refractivity contribution is 0.469. The zero-order valence-corrected chi connectivity index (χ0v) is 16.6. The third-order valence-electron chi connectivity index (χ3n) is 4.99. The lowest BCUT2D eigenvalue weighted by Gasteiger charge is -2.13. The maximum absolute atomic E-state index is 12.8. The van der Waals surface area contributed by atoms with Gasteiger partial charge in [-0.2, -0.15) is 5.10 Å². The van der Waals surface area contributed by atoms with Gasteiger partial charge in [-0.15, -0.1) is 0 Å². The van der Waals surface area contributed by atoms with Crippen LogP contribution >= 0.6 is 0 Å². The largest absolute Gasteiger partial charge is 0.293 e. The van der Waals surface area contributed by atoms with E-state index in [-0.39, 0.29) is 11.6 Å². The van der Waals surface area contributed by atoms with E-state index in [0.29, 0.717) is 12.1 Å². The van der Waals surface area contributed by atoms with Gasteiger partial charge in [0.1, 0.15) is 11.6 Å². The molecule has 3 aromatic heterocycles. The molecule has 0 radical (unpaired) electrons. The van der Waals surface area contributed by atoms with Crippen molar-refractivity contribution >= 4 is 5.65 Å². The molecule has 3 heterocycles. The molecule has 4 rings (SSSR count).